The summed E-state index contributed by atoms with van der Waals surface area (Å²) < 4.78 is 44.5. The molecule has 98 valence electrons. The van der Waals surface area contributed by atoms with Gasteiger partial charge in [0.25, 0.3) is 5.88 Å². The molecule has 0 bridgehead atoms. The summed E-state index contributed by atoms with van der Waals surface area (Å²) in [6, 6.07) is 3.40. The van der Waals surface area contributed by atoms with Crippen molar-refractivity contribution in [2.45, 2.75) is 0 Å². The van der Waals surface area contributed by atoms with Crippen molar-refractivity contribution >= 4 is 5.78 Å². The molecule has 0 saturated heterocycles. The number of hydrogen-bond acceptors (Lipinski definition) is 3. The molecule has 0 spiro atoms. The maximum atomic E-state index is 13.8. The van der Waals surface area contributed by atoms with Gasteiger partial charge in [-0.25, -0.2) is 18.2 Å². The Bertz CT molecular complexity index is 624. The molecule has 1 aromatic heterocycles. The number of aromatic nitrogens is 1. The summed E-state index contributed by atoms with van der Waals surface area (Å²) in [5, 5.41) is 0. The highest BCUT2D eigenvalue weighted by Crippen LogP contribution is 2.20. The summed E-state index contributed by atoms with van der Waals surface area (Å²) in [6.45, 7) is 0. The zero-order chi connectivity index (χ0) is 14.0. The first kappa shape index (κ1) is 13.1. The van der Waals surface area contributed by atoms with Crippen LogP contribution in [0.15, 0.2) is 30.5 Å². The van der Waals surface area contributed by atoms with Crippen LogP contribution in [0, 0.1) is 17.5 Å². The number of hydrogen-bond donors (Lipinski definition) is 0. The van der Waals surface area contributed by atoms with Gasteiger partial charge < -0.3 is 4.74 Å². The van der Waals surface area contributed by atoms with Crippen molar-refractivity contribution in [2.75, 3.05) is 7.11 Å². The van der Waals surface area contributed by atoms with E-state index in [-0.39, 0.29) is 17.0 Å². The van der Waals surface area contributed by atoms with E-state index in [9.17, 15) is 18.0 Å². The lowest BCUT2D eigenvalue weighted by molar-refractivity contribution is 0.103. The smallest absolute Gasteiger partial charge is 0.250 e. The Hall–Kier alpha value is -2.37. The lowest BCUT2D eigenvalue weighted by Crippen LogP contribution is -2.07. The third-order valence-corrected chi connectivity index (χ3v) is 2.42. The van der Waals surface area contributed by atoms with Crippen LogP contribution in [-0.4, -0.2) is 17.9 Å². The van der Waals surface area contributed by atoms with Gasteiger partial charge in [0.05, 0.1) is 12.7 Å². The SMILES string of the molecule is COc1nccc(C(=O)c2cc(F)cc(F)c2)c1F. The molecule has 0 fully saturated rings. The van der Waals surface area contributed by atoms with Crippen molar-refractivity contribution in [3.05, 3.63) is 59.0 Å². The Labute approximate surface area is 106 Å². The summed E-state index contributed by atoms with van der Waals surface area (Å²) in [5.41, 5.74) is -0.651. The van der Waals surface area contributed by atoms with Gasteiger partial charge >= 0.3 is 0 Å². The van der Waals surface area contributed by atoms with Crippen LogP contribution in [-0.2, 0) is 0 Å². The van der Waals surface area contributed by atoms with Gasteiger partial charge in [0.15, 0.2) is 11.6 Å². The first-order valence-corrected chi connectivity index (χ1v) is 5.22. The first-order valence-electron chi connectivity index (χ1n) is 5.22. The van der Waals surface area contributed by atoms with E-state index in [1.54, 1.807) is 0 Å². The second-order valence-electron chi connectivity index (χ2n) is 3.67. The van der Waals surface area contributed by atoms with Crippen LogP contribution in [0.4, 0.5) is 13.2 Å². The van der Waals surface area contributed by atoms with Crippen molar-refractivity contribution in [1.29, 1.82) is 0 Å². The first-order chi connectivity index (χ1) is 9.02. The predicted molar refractivity (Wildman–Crippen MR) is 60.5 cm³/mol. The number of benzene rings is 1. The number of nitrogens with zero attached hydrogens (tertiary/aromatic N) is 1. The Morgan fingerprint density at radius 2 is 1.79 bits per heavy atom. The molecule has 1 aromatic carbocycles. The third-order valence-electron chi connectivity index (χ3n) is 2.42. The van der Waals surface area contributed by atoms with Gasteiger partial charge in [-0.05, 0) is 18.2 Å². The Balaban J connectivity index is 2.50. The maximum absolute atomic E-state index is 13.8. The molecular weight excluding hydrogens is 259 g/mol. The fraction of sp³-hybridized carbons (Fsp3) is 0.0769. The highest BCUT2D eigenvalue weighted by molar-refractivity contribution is 6.09. The molecule has 0 amide bonds. The van der Waals surface area contributed by atoms with Crippen LogP contribution in [0.2, 0.25) is 0 Å². The fourth-order valence-electron chi connectivity index (χ4n) is 1.58. The van der Waals surface area contributed by atoms with E-state index in [4.69, 9.17) is 0 Å². The minimum atomic E-state index is -0.973. The van der Waals surface area contributed by atoms with Gasteiger partial charge in [0.2, 0.25) is 0 Å². The zero-order valence-electron chi connectivity index (χ0n) is 9.78. The number of methoxy groups -OCH3 is 1. The van der Waals surface area contributed by atoms with Crippen LogP contribution in [0.1, 0.15) is 15.9 Å². The molecule has 0 aliphatic heterocycles. The molecule has 0 unspecified atom stereocenters. The Morgan fingerprint density at radius 1 is 1.16 bits per heavy atom. The minimum Gasteiger partial charge on any atom is -0.479 e. The molecule has 19 heavy (non-hydrogen) atoms. The summed E-state index contributed by atoms with van der Waals surface area (Å²) in [7, 11) is 1.20. The predicted octanol–water partition coefficient (Wildman–Crippen LogP) is 2.74. The number of rotatable bonds is 3. The summed E-state index contributed by atoms with van der Waals surface area (Å²) in [6.07, 6.45) is 1.17. The van der Waals surface area contributed by atoms with E-state index < -0.39 is 23.2 Å². The molecule has 3 nitrogen and oxygen atoms in total. The Morgan fingerprint density at radius 3 is 2.37 bits per heavy atom. The van der Waals surface area contributed by atoms with E-state index in [1.807, 2.05) is 0 Å². The summed E-state index contributed by atoms with van der Waals surface area (Å²) in [4.78, 5) is 15.6. The molecule has 0 saturated carbocycles. The minimum absolute atomic E-state index is 0.287. The molecule has 2 rings (SSSR count). The number of pyridine rings is 1. The van der Waals surface area contributed by atoms with Crippen LogP contribution in [0.25, 0.3) is 0 Å². The molecule has 0 atom stereocenters. The molecule has 6 heteroatoms. The summed E-state index contributed by atoms with van der Waals surface area (Å²) in [5.74, 6) is -4.01. The van der Waals surface area contributed by atoms with Crippen LogP contribution >= 0.6 is 0 Å². The van der Waals surface area contributed by atoms with Gasteiger partial charge in [-0.15, -0.1) is 0 Å². The van der Waals surface area contributed by atoms with Gasteiger partial charge in [0.1, 0.15) is 11.6 Å². The second kappa shape index (κ2) is 5.09. The average Bonchev–Trinajstić information content (AvgIpc) is 2.37. The molecular formula is C13H8F3NO2. The van der Waals surface area contributed by atoms with E-state index in [0.717, 1.165) is 18.2 Å². The van der Waals surface area contributed by atoms with Gasteiger partial charge in [0, 0.05) is 17.8 Å². The van der Waals surface area contributed by atoms with Gasteiger partial charge in [-0.2, -0.15) is 0 Å². The molecule has 2 aromatic rings. The number of carbonyl (C=O) groups is 1. The lowest BCUT2D eigenvalue weighted by atomic mass is 10.0. The van der Waals surface area contributed by atoms with Crippen LogP contribution in [0.3, 0.4) is 0 Å². The molecule has 0 radical (unpaired) electrons. The summed E-state index contributed by atoms with van der Waals surface area (Å²) >= 11 is 0. The molecule has 0 aliphatic rings. The maximum Gasteiger partial charge on any atom is 0.250 e. The molecule has 1 heterocycles. The topological polar surface area (TPSA) is 39.2 Å². The second-order valence-corrected chi connectivity index (χ2v) is 3.67. The molecule has 0 N–H and O–H groups in total. The normalized spacial score (nSPS) is 10.3. The lowest BCUT2D eigenvalue weighted by Gasteiger charge is -2.06. The van der Waals surface area contributed by atoms with Crippen molar-refractivity contribution in [3.63, 3.8) is 0 Å². The van der Waals surface area contributed by atoms with Crippen molar-refractivity contribution in [3.8, 4) is 5.88 Å². The van der Waals surface area contributed by atoms with E-state index in [0.29, 0.717) is 6.07 Å². The van der Waals surface area contributed by atoms with Crippen molar-refractivity contribution in [1.82, 2.24) is 4.98 Å². The van der Waals surface area contributed by atoms with E-state index in [1.165, 1.54) is 13.3 Å². The monoisotopic (exact) mass is 267 g/mol. The van der Waals surface area contributed by atoms with Crippen LogP contribution in [0.5, 0.6) is 5.88 Å². The van der Waals surface area contributed by atoms with Crippen molar-refractivity contribution < 1.29 is 22.7 Å². The average molecular weight is 267 g/mol. The number of carbonyl (C=O) groups excluding carboxylic acids is 1. The standard InChI is InChI=1S/C13H8F3NO2/c1-19-13-11(16)10(2-3-17-13)12(18)7-4-8(14)6-9(15)5-7/h2-6H,1H3. The molecule has 0 aliphatic carbocycles. The van der Waals surface area contributed by atoms with Crippen molar-refractivity contribution in [2.24, 2.45) is 0 Å². The van der Waals surface area contributed by atoms with Crippen LogP contribution < -0.4 is 4.74 Å². The third kappa shape index (κ3) is 2.57. The highest BCUT2D eigenvalue weighted by Gasteiger charge is 2.19. The number of ether oxygens (including phenoxy) is 1. The van der Waals surface area contributed by atoms with Gasteiger partial charge in [-0.3, -0.25) is 4.79 Å². The Kier molecular flexibility index (Phi) is 3.50. The van der Waals surface area contributed by atoms with E-state index >= 15 is 0 Å². The zero-order valence-corrected chi connectivity index (χ0v) is 9.78. The fourth-order valence-corrected chi connectivity index (χ4v) is 1.58. The van der Waals surface area contributed by atoms with E-state index in [2.05, 4.69) is 9.72 Å². The quantitative estimate of drug-likeness (QED) is 0.803. The largest absolute Gasteiger partial charge is 0.479 e. The number of ketones is 1. The number of halogens is 3. The highest BCUT2D eigenvalue weighted by atomic mass is 19.1. The van der Waals surface area contributed by atoms with Gasteiger partial charge in [-0.1, -0.05) is 0 Å².